The number of pyridine rings is 1. The van der Waals surface area contributed by atoms with E-state index in [0.717, 1.165) is 12.8 Å². The SMILES string of the molecule is CC(NC(=O)c1ccnc(NC(=O)C2CC2)n1)c1ccc(OCCC(F)(F)F)nc1. The number of hydrogen-bond acceptors (Lipinski definition) is 6. The summed E-state index contributed by atoms with van der Waals surface area (Å²) in [5.41, 5.74) is 0.714. The molecule has 2 aromatic rings. The van der Waals surface area contributed by atoms with Crippen molar-refractivity contribution in [1.29, 1.82) is 0 Å². The van der Waals surface area contributed by atoms with Crippen LogP contribution in [0.4, 0.5) is 19.1 Å². The molecule has 11 heteroatoms. The fraction of sp³-hybridized carbons (Fsp3) is 0.421. The molecule has 8 nitrogen and oxygen atoms in total. The maximum Gasteiger partial charge on any atom is 0.392 e. The maximum absolute atomic E-state index is 12.4. The first-order chi connectivity index (χ1) is 14.2. The molecule has 2 aromatic heterocycles. The van der Waals surface area contributed by atoms with Gasteiger partial charge >= 0.3 is 6.18 Å². The number of carbonyl (C=O) groups excluding carboxylic acids is 2. The van der Waals surface area contributed by atoms with Gasteiger partial charge in [-0.1, -0.05) is 6.07 Å². The molecule has 1 fully saturated rings. The number of amides is 2. The van der Waals surface area contributed by atoms with Crippen LogP contribution in [0.25, 0.3) is 0 Å². The van der Waals surface area contributed by atoms with Crippen molar-refractivity contribution in [2.24, 2.45) is 5.92 Å². The first kappa shape index (κ1) is 21.5. The Hall–Kier alpha value is -3.24. The Bertz CT molecular complexity index is 901. The van der Waals surface area contributed by atoms with Crippen LogP contribution in [-0.4, -0.2) is 39.5 Å². The summed E-state index contributed by atoms with van der Waals surface area (Å²) in [6, 6.07) is 4.01. The third-order valence-corrected chi connectivity index (χ3v) is 4.31. The van der Waals surface area contributed by atoms with Crippen molar-refractivity contribution < 1.29 is 27.5 Å². The van der Waals surface area contributed by atoms with E-state index in [1.54, 1.807) is 13.0 Å². The lowest BCUT2D eigenvalue weighted by Crippen LogP contribution is -2.28. The molecule has 1 unspecified atom stereocenters. The van der Waals surface area contributed by atoms with Crippen molar-refractivity contribution in [3.8, 4) is 5.88 Å². The summed E-state index contributed by atoms with van der Waals surface area (Å²) in [6.07, 6.45) is -0.891. The quantitative estimate of drug-likeness (QED) is 0.676. The number of alkyl halides is 3. The molecule has 3 rings (SSSR count). The fourth-order valence-corrected chi connectivity index (χ4v) is 2.46. The molecule has 1 aliphatic rings. The largest absolute Gasteiger partial charge is 0.477 e. The van der Waals surface area contributed by atoms with Crippen LogP contribution in [0.3, 0.4) is 0 Å². The Kier molecular flexibility index (Phi) is 6.48. The zero-order valence-corrected chi connectivity index (χ0v) is 16.1. The summed E-state index contributed by atoms with van der Waals surface area (Å²) in [4.78, 5) is 36.2. The third-order valence-electron chi connectivity index (χ3n) is 4.31. The van der Waals surface area contributed by atoms with Gasteiger partial charge in [0, 0.05) is 24.4 Å². The standard InChI is InChI=1S/C19H20F3N5O3/c1-11(13-4-5-15(24-10-13)30-9-7-19(20,21)22)25-17(29)14-6-8-23-18(26-14)27-16(28)12-2-3-12/h4-6,8,10-12H,2-3,7,9H2,1H3,(H,25,29)(H,23,26,27,28). The lowest BCUT2D eigenvalue weighted by atomic mass is 10.1. The fourth-order valence-electron chi connectivity index (χ4n) is 2.46. The van der Waals surface area contributed by atoms with Crippen LogP contribution in [0.15, 0.2) is 30.6 Å². The highest BCUT2D eigenvalue weighted by molar-refractivity contribution is 5.95. The summed E-state index contributed by atoms with van der Waals surface area (Å²) < 4.78 is 41.4. The van der Waals surface area contributed by atoms with Crippen LogP contribution >= 0.6 is 0 Å². The number of halogens is 3. The van der Waals surface area contributed by atoms with E-state index in [1.165, 1.54) is 24.5 Å². The molecular weight excluding hydrogens is 403 g/mol. The van der Waals surface area contributed by atoms with Gasteiger partial charge < -0.3 is 10.1 Å². The van der Waals surface area contributed by atoms with Crippen molar-refractivity contribution in [3.05, 3.63) is 41.9 Å². The van der Waals surface area contributed by atoms with E-state index in [1.807, 2.05) is 0 Å². The van der Waals surface area contributed by atoms with E-state index in [0.29, 0.717) is 5.56 Å². The summed E-state index contributed by atoms with van der Waals surface area (Å²) in [6.45, 7) is 1.20. The van der Waals surface area contributed by atoms with Crippen molar-refractivity contribution >= 4 is 17.8 Å². The average Bonchev–Trinajstić information content (AvgIpc) is 3.53. The minimum atomic E-state index is -4.29. The number of anilines is 1. The van der Waals surface area contributed by atoms with Gasteiger partial charge in [-0.2, -0.15) is 13.2 Å². The monoisotopic (exact) mass is 423 g/mol. The highest BCUT2D eigenvalue weighted by Crippen LogP contribution is 2.29. The maximum atomic E-state index is 12.4. The molecule has 0 radical (unpaired) electrons. The molecule has 0 aliphatic heterocycles. The molecule has 1 saturated carbocycles. The molecule has 2 heterocycles. The van der Waals surface area contributed by atoms with Gasteiger partial charge in [0.15, 0.2) is 0 Å². The van der Waals surface area contributed by atoms with Gasteiger partial charge in [0.1, 0.15) is 5.69 Å². The normalized spacial score (nSPS) is 14.7. The number of rotatable bonds is 8. The zero-order chi connectivity index (χ0) is 21.7. The second-order valence-corrected chi connectivity index (χ2v) is 6.87. The number of aromatic nitrogens is 3. The summed E-state index contributed by atoms with van der Waals surface area (Å²) in [7, 11) is 0. The third kappa shape index (κ3) is 6.39. The predicted molar refractivity (Wildman–Crippen MR) is 99.7 cm³/mol. The van der Waals surface area contributed by atoms with Crippen LogP contribution in [0.5, 0.6) is 5.88 Å². The summed E-state index contributed by atoms with van der Waals surface area (Å²) >= 11 is 0. The van der Waals surface area contributed by atoms with E-state index in [2.05, 4.69) is 25.6 Å². The topological polar surface area (TPSA) is 106 Å². The minimum Gasteiger partial charge on any atom is -0.477 e. The molecule has 0 aromatic carbocycles. The number of carbonyl (C=O) groups is 2. The Morgan fingerprint density at radius 3 is 2.63 bits per heavy atom. The Morgan fingerprint density at radius 1 is 1.23 bits per heavy atom. The molecule has 0 saturated heterocycles. The van der Waals surface area contributed by atoms with Crippen molar-refractivity contribution in [1.82, 2.24) is 20.3 Å². The Balaban J connectivity index is 1.54. The van der Waals surface area contributed by atoms with Crippen molar-refractivity contribution in [2.75, 3.05) is 11.9 Å². The average molecular weight is 423 g/mol. The number of nitrogens with zero attached hydrogens (tertiary/aromatic N) is 3. The first-order valence-electron chi connectivity index (χ1n) is 9.31. The van der Waals surface area contributed by atoms with Gasteiger partial charge in [-0.25, -0.2) is 15.0 Å². The smallest absolute Gasteiger partial charge is 0.392 e. The molecule has 1 aliphatic carbocycles. The van der Waals surface area contributed by atoms with Crippen LogP contribution in [0.2, 0.25) is 0 Å². The molecule has 0 spiro atoms. The van der Waals surface area contributed by atoms with Crippen LogP contribution in [0.1, 0.15) is 48.3 Å². The predicted octanol–water partition coefficient (Wildman–Crippen LogP) is 3.04. The van der Waals surface area contributed by atoms with Crippen LogP contribution in [0, 0.1) is 5.92 Å². The number of ether oxygens (including phenoxy) is 1. The minimum absolute atomic E-state index is 0.0148. The summed E-state index contributed by atoms with van der Waals surface area (Å²) in [5, 5.41) is 5.32. The Labute approximate surface area is 170 Å². The lowest BCUT2D eigenvalue weighted by molar-refractivity contribution is -0.139. The van der Waals surface area contributed by atoms with Gasteiger partial charge in [-0.3, -0.25) is 14.9 Å². The second kappa shape index (κ2) is 9.06. The first-order valence-corrected chi connectivity index (χ1v) is 9.31. The second-order valence-electron chi connectivity index (χ2n) is 6.87. The zero-order valence-electron chi connectivity index (χ0n) is 16.1. The molecule has 2 N–H and O–H groups in total. The van der Waals surface area contributed by atoms with Crippen molar-refractivity contribution in [3.63, 3.8) is 0 Å². The van der Waals surface area contributed by atoms with Gasteiger partial charge in [0.2, 0.25) is 17.7 Å². The molecule has 160 valence electrons. The van der Waals surface area contributed by atoms with E-state index >= 15 is 0 Å². The van der Waals surface area contributed by atoms with Crippen LogP contribution < -0.4 is 15.4 Å². The van der Waals surface area contributed by atoms with Gasteiger partial charge in [0.05, 0.1) is 19.1 Å². The molecule has 2 amide bonds. The van der Waals surface area contributed by atoms with Gasteiger partial charge in [-0.05, 0) is 31.4 Å². The van der Waals surface area contributed by atoms with E-state index in [-0.39, 0.29) is 29.3 Å². The number of hydrogen-bond donors (Lipinski definition) is 2. The van der Waals surface area contributed by atoms with E-state index in [9.17, 15) is 22.8 Å². The molecular formula is C19H20F3N5O3. The Morgan fingerprint density at radius 2 is 2.00 bits per heavy atom. The molecule has 1 atom stereocenters. The highest BCUT2D eigenvalue weighted by Gasteiger charge is 2.30. The summed E-state index contributed by atoms with van der Waals surface area (Å²) in [5.74, 6) is -0.525. The molecule has 0 bridgehead atoms. The lowest BCUT2D eigenvalue weighted by Gasteiger charge is -2.14. The van der Waals surface area contributed by atoms with Crippen LogP contribution in [-0.2, 0) is 4.79 Å². The van der Waals surface area contributed by atoms with E-state index < -0.39 is 31.2 Å². The number of nitrogens with one attached hydrogen (secondary N) is 2. The van der Waals surface area contributed by atoms with Gasteiger partial charge in [-0.15, -0.1) is 0 Å². The van der Waals surface area contributed by atoms with Gasteiger partial charge in [0.25, 0.3) is 5.91 Å². The highest BCUT2D eigenvalue weighted by atomic mass is 19.4. The van der Waals surface area contributed by atoms with Crippen molar-refractivity contribution in [2.45, 2.75) is 38.4 Å². The van der Waals surface area contributed by atoms with E-state index in [4.69, 9.17) is 4.74 Å². The molecule has 30 heavy (non-hydrogen) atoms.